The highest BCUT2D eigenvalue weighted by molar-refractivity contribution is 5.81. The van der Waals surface area contributed by atoms with Crippen LogP contribution in [0, 0.1) is 0 Å². The summed E-state index contributed by atoms with van der Waals surface area (Å²) in [5.74, 6) is 0.120. The van der Waals surface area contributed by atoms with Crippen molar-refractivity contribution in [1.29, 1.82) is 0 Å². The lowest BCUT2D eigenvalue weighted by Gasteiger charge is -2.48. The Balaban J connectivity index is 1.76. The molecule has 0 aromatic rings. The molecule has 0 radical (unpaired) electrons. The maximum Gasteiger partial charge on any atom is 0.237 e. The molecule has 1 heterocycles. The largest absolute Gasteiger partial charge is 0.387 e. The molecular formula is C13H24N2O2. The first-order chi connectivity index (χ1) is 8.04. The van der Waals surface area contributed by atoms with E-state index in [1.165, 1.54) is 12.8 Å². The van der Waals surface area contributed by atoms with E-state index in [4.69, 9.17) is 0 Å². The van der Waals surface area contributed by atoms with Crippen molar-refractivity contribution >= 4 is 5.91 Å². The molecule has 17 heavy (non-hydrogen) atoms. The maximum atomic E-state index is 12.0. The summed E-state index contributed by atoms with van der Waals surface area (Å²) in [6, 6.07) is 0.277. The molecule has 1 unspecified atom stereocenters. The summed E-state index contributed by atoms with van der Waals surface area (Å²) in [5.41, 5.74) is -0.554. The fourth-order valence-electron chi connectivity index (χ4n) is 2.76. The molecule has 2 fully saturated rings. The Labute approximate surface area is 103 Å². The molecule has 1 aliphatic heterocycles. The minimum atomic E-state index is -0.554. The van der Waals surface area contributed by atoms with Crippen LogP contribution in [-0.4, -0.2) is 46.7 Å². The number of rotatable bonds is 4. The molecule has 1 saturated carbocycles. The molecule has 1 atom stereocenters. The van der Waals surface area contributed by atoms with E-state index >= 15 is 0 Å². The van der Waals surface area contributed by atoms with E-state index in [2.05, 4.69) is 5.32 Å². The van der Waals surface area contributed by atoms with Crippen LogP contribution in [0.15, 0.2) is 0 Å². The number of β-amino-alcohol motifs (C(OH)–C–C–N with tert-alkyl or cyclic N) is 1. The lowest BCUT2D eigenvalue weighted by molar-refractivity contribution is -0.143. The first-order valence-electron chi connectivity index (χ1n) is 6.81. The van der Waals surface area contributed by atoms with Crippen molar-refractivity contribution in [3.63, 3.8) is 0 Å². The van der Waals surface area contributed by atoms with Crippen molar-refractivity contribution in [3.8, 4) is 0 Å². The van der Waals surface area contributed by atoms with Crippen molar-refractivity contribution in [3.05, 3.63) is 0 Å². The van der Waals surface area contributed by atoms with Gasteiger partial charge in [-0.1, -0.05) is 19.8 Å². The Hall–Kier alpha value is -0.610. The average molecular weight is 240 g/mol. The first-order valence-corrected chi connectivity index (χ1v) is 6.81. The van der Waals surface area contributed by atoms with Crippen LogP contribution < -0.4 is 5.32 Å². The topological polar surface area (TPSA) is 52.6 Å². The van der Waals surface area contributed by atoms with Crippen LogP contribution in [0.3, 0.4) is 0 Å². The first kappa shape index (κ1) is 12.8. The number of aliphatic hydroxyl groups is 1. The summed E-state index contributed by atoms with van der Waals surface area (Å²) >= 11 is 0. The predicted octanol–water partition coefficient (Wildman–Crippen LogP) is 0.890. The molecule has 1 saturated heterocycles. The summed E-state index contributed by atoms with van der Waals surface area (Å²) < 4.78 is 0. The Kier molecular flexibility index (Phi) is 3.73. The molecule has 1 amide bonds. The van der Waals surface area contributed by atoms with E-state index in [1.54, 1.807) is 0 Å². The zero-order valence-electron chi connectivity index (χ0n) is 10.9. The average Bonchev–Trinajstić information content (AvgIpc) is 2.76. The minimum absolute atomic E-state index is 0.109. The normalized spacial score (nSPS) is 26.5. The van der Waals surface area contributed by atoms with Crippen LogP contribution in [-0.2, 0) is 4.79 Å². The van der Waals surface area contributed by atoms with Crippen LogP contribution >= 0.6 is 0 Å². The second-order valence-corrected chi connectivity index (χ2v) is 5.65. The zero-order chi connectivity index (χ0) is 12.5. The number of hydrogen-bond acceptors (Lipinski definition) is 3. The SMILES string of the molecule is CCC1(O)CN(C(C)C(=O)NC2CCCC2)C1. The van der Waals surface area contributed by atoms with Gasteiger partial charge in [0.2, 0.25) is 5.91 Å². The number of nitrogens with zero attached hydrogens (tertiary/aromatic N) is 1. The van der Waals surface area contributed by atoms with Crippen LogP contribution in [0.5, 0.6) is 0 Å². The van der Waals surface area contributed by atoms with Gasteiger partial charge in [0.15, 0.2) is 0 Å². The second kappa shape index (κ2) is 4.94. The summed E-state index contributed by atoms with van der Waals surface area (Å²) in [4.78, 5) is 14.0. The fraction of sp³-hybridized carbons (Fsp3) is 0.923. The van der Waals surface area contributed by atoms with Crippen LogP contribution in [0.4, 0.5) is 0 Å². The number of nitrogens with one attached hydrogen (secondary N) is 1. The van der Waals surface area contributed by atoms with E-state index in [0.29, 0.717) is 19.1 Å². The van der Waals surface area contributed by atoms with Gasteiger partial charge in [0.1, 0.15) is 0 Å². The standard InChI is InChI=1S/C13H24N2O2/c1-3-13(17)8-15(9-13)10(2)12(16)14-11-6-4-5-7-11/h10-11,17H,3-9H2,1-2H3,(H,14,16). The summed E-state index contributed by atoms with van der Waals surface area (Å²) in [6.45, 7) is 5.17. The van der Waals surface area contributed by atoms with E-state index in [-0.39, 0.29) is 11.9 Å². The highest BCUT2D eigenvalue weighted by Crippen LogP contribution is 2.26. The molecule has 4 heteroatoms. The van der Waals surface area contributed by atoms with Crippen molar-refractivity contribution in [2.24, 2.45) is 0 Å². The van der Waals surface area contributed by atoms with E-state index < -0.39 is 5.60 Å². The number of carbonyl (C=O) groups excluding carboxylic acids is 1. The summed E-state index contributed by atoms with van der Waals surface area (Å²) in [7, 11) is 0. The van der Waals surface area contributed by atoms with Crippen LogP contribution in [0.2, 0.25) is 0 Å². The van der Waals surface area contributed by atoms with Crippen LogP contribution in [0.1, 0.15) is 46.0 Å². The van der Waals surface area contributed by atoms with E-state index in [0.717, 1.165) is 19.3 Å². The quantitative estimate of drug-likeness (QED) is 0.767. The second-order valence-electron chi connectivity index (χ2n) is 5.65. The molecular weight excluding hydrogens is 216 g/mol. The number of amides is 1. The molecule has 2 aliphatic rings. The van der Waals surface area contributed by atoms with Crippen molar-refractivity contribution in [1.82, 2.24) is 10.2 Å². The highest BCUT2D eigenvalue weighted by atomic mass is 16.3. The number of hydrogen-bond donors (Lipinski definition) is 2. The monoisotopic (exact) mass is 240 g/mol. The predicted molar refractivity (Wildman–Crippen MR) is 66.7 cm³/mol. The van der Waals surface area contributed by atoms with Crippen LogP contribution in [0.25, 0.3) is 0 Å². The van der Waals surface area contributed by atoms with Crippen molar-refractivity contribution < 1.29 is 9.90 Å². The highest BCUT2D eigenvalue weighted by Gasteiger charge is 2.43. The minimum Gasteiger partial charge on any atom is -0.387 e. The van der Waals surface area contributed by atoms with Gasteiger partial charge in [-0.05, 0) is 26.2 Å². The summed E-state index contributed by atoms with van der Waals surface area (Å²) in [5, 5.41) is 13.0. The number of likely N-dealkylation sites (tertiary alicyclic amines) is 1. The van der Waals surface area contributed by atoms with Gasteiger partial charge in [-0.15, -0.1) is 0 Å². The van der Waals surface area contributed by atoms with Crippen molar-refractivity contribution in [2.75, 3.05) is 13.1 Å². The molecule has 98 valence electrons. The van der Waals surface area contributed by atoms with Gasteiger partial charge >= 0.3 is 0 Å². The van der Waals surface area contributed by atoms with Gasteiger partial charge < -0.3 is 10.4 Å². The molecule has 0 aromatic carbocycles. The zero-order valence-corrected chi connectivity index (χ0v) is 10.9. The lowest BCUT2D eigenvalue weighted by Crippen LogP contribution is -2.66. The lowest BCUT2D eigenvalue weighted by atomic mass is 9.90. The molecule has 0 bridgehead atoms. The summed E-state index contributed by atoms with van der Waals surface area (Å²) in [6.07, 6.45) is 5.48. The Morgan fingerprint density at radius 3 is 2.59 bits per heavy atom. The van der Waals surface area contributed by atoms with Gasteiger partial charge in [-0.3, -0.25) is 9.69 Å². The fourth-order valence-corrected chi connectivity index (χ4v) is 2.76. The smallest absolute Gasteiger partial charge is 0.237 e. The Morgan fingerprint density at radius 1 is 1.47 bits per heavy atom. The maximum absolute atomic E-state index is 12.0. The van der Waals surface area contributed by atoms with E-state index in [9.17, 15) is 9.90 Å². The third kappa shape index (κ3) is 2.80. The van der Waals surface area contributed by atoms with Gasteiger partial charge in [-0.2, -0.15) is 0 Å². The van der Waals surface area contributed by atoms with Gasteiger partial charge in [-0.25, -0.2) is 0 Å². The Bertz CT molecular complexity index is 281. The Morgan fingerprint density at radius 2 is 2.06 bits per heavy atom. The molecule has 2 N–H and O–H groups in total. The molecule has 1 aliphatic carbocycles. The molecule has 2 rings (SSSR count). The van der Waals surface area contributed by atoms with Crippen molar-refractivity contribution in [2.45, 2.75) is 63.6 Å². The van der Waals surface area contributed by atoms with Gasteiger partial charge in [0.25, 0.3) is 0 Å². The third-order valence-corrected chi connectivity index (χ3v) is 4.28. The van der Waals surface area contributed by atoms with E-state index in [1.807, 2.05) is 18.7 Å². The van der Waals surface area contributed by atoms with Gasteiger partial charge in [0, 0.05) is 19.1 Å². The molecule has 0 spiro atoms. The number of carbonyl (C=O) groups is 1. The molecule has 0 aromatic heterocycles. The molecule has 4 nitrogen and oxygen atoms in total. The third-order valence-electron chi connectivity index (χ3n) is 4.28. The van der Waals surface area contributed by atoms with Gasteiger partial charge in [0.05, 0.1) is 11.6 Å².